The van der Waals surface area contributed by atoms with Crippen LogP contribution in [0.4, 0.5) is 22.7 Å². The van der Waals surface area contributed by atoms with Crippen molar-refractivity contribution in [2.24, 2.45) is 0 Å². The maximum Gasteiger partial charge on any atom is 0.370 e. The molecule has 9 heteroatoms. The summed E-state index contributed by atoms with van der Waals surface area (Å²) >= 11 is 0. The Morgan fingerprint density at radius 1 is 0.880 bits per heavy atom. The van der Waals surface area contributed by atoms with Gasteiger partial charge in [-0.1, -0.05) is 0 Å². The molecule has 0 heterocycles. The van der Waals surface area contributed by atoms with Crippen LogP contribution in [0, 0.1) is 0 Å². The molecule has 0 atom stereocenters. The predicted octanol–water partition coefficient (Wildman–Crippen LogP) is 2.40. The van der Waals surface area contributed by atoms with Gasteiger partial charge in [0.15, 0.2) is 5.75 Å². The van der Waals surface area contributed by atoms with Crippen LogP contribution in [0.25, 0.3) is 0 Å². The van der Waals surface area contributed by atoms with Crippen LogP contribution in [-0.4, -0.2) is 36.6 Å². The molecular formula is C16H22N4O3S2. The summed E-state index contributed by atoms with van der Waals surface area (Å²) in [4.78, 5) is 4.08. The molecule has 0 aliphatic carbocycles. The van der Waals surface area contributed by atoms with E-state index in [1.165, 1.54) is 0 Å². The number of nitrogens with two attached hydrogens (primary N) is 2. The molecule has 0 saturated heterocycles. The Bertz CT molecular complexity index is 802. The van der Waals surface area contributed by atoms with Crippen LogP contribution in [0.5, 0.6) is 5.75 Å². The zero-order chi connectivity index (χ0) is 18.8. The number of anilines is 4. The Kier molecular flexibility index (Phi) is 5.58. The first kappa shape index (κ1) is 19.1. The zero-order valence-electron chi connectivity index (χ0n) is 14.6. The highest BCUT2D eigenvalue weighted by atomic mass is 33.1. The second-order valence-corrected chi connectivity index (χ2v) is 9.12. The van der Waals surface area contributed by atoms with Crippen molar-refractivity contribution < 1.29 is 12.6 Å². The average Bonchev–Trinajstić information content (AvgIpc) is 2.50. The minimum Gasteiger partial charge on any atom is -0.398 e. The molecule has 0 aliphatic heterocycles. The van der Waals surface area contributed by atoms with Gasteiger partial charge in [0.1, 0.15) is 0 Å². The molecule has 0 amide bonds. The monoisotopic (exact) mass is 382 g/mol. The fraction of sp³-hybridized carbons (Fsp3) is 0.250. The van der Waals surface area contributed by atoms with Gasteiger partial charge in [0.2, 0.25) is 0 Å². The summed E-state index contributed by atoms with van der Waals surface area (Å²) in [5, 5.41) is 0. The summed E-state index contributed by atoms with van der Waals surface area (Å²) in [5.41, 5.74) is 13.9. The van der Waals surface area contributed by atoms with Crippen molar-refractivity contribution in [3.63, 3.8) is 0 Å². The van der Waals surface area contributed by atoms with E-state index in [1.807, 2.05) is 44.1 Å². The van der Waals surface area contributed by atoms with Gasteiger partial charge in [0, 0.05) is 62.1 Å². The molecule has 0 saturated carbocycles. The van der Waals surface area contributed by atoms with Gasteiger partial charge in [-0.15, -0.1) is 0 Å². The van der Waals surface area contributed by atoms with Gasteiger partial charge in [0.25, 0.3) is 0 Å². The van der Waals surface area contributed by atoms with Crippen LogP contribution in [0.2, 0.25) is 0 Å². The molecule has 0 bridgehead atoms. The SMILES string of the molecule is CN(C)c1ccc(N)c(OS(=O)(=O)Sc2cc(N(C)C)ccc2N)c1. The van der Waals surface area contributed by atoms with Crippen LogP contribution < -0.4 is 25.5 Å². The highest BCUT2D eigenvalue weighted by molar-refractivity contribution is 8.70. The van der Waals surface area contributed by atoms with Crippen LogP contribution in [-0.2, 0) is 9.15 Å². The van der Waals surface area contributed by atoms with Gasteiger partial charge < -0.3 is 25.5 Å². The topological polar surface area (TPSA) is 102 Å². The van der Waals surface area contributed by atoms with Gasteiger partial charge in [0.05, 0.1) is 10.6 Å². The average molecular weight is 383 g/mol. The van der Waals surface area contributed by atoms with Crippen molar-refractivity contribution >= 4 is 42.7 Å². The maximum atomic E-state index is 12.4. The summed E-state index contributed by atoms with van der Waals surface area (Å²) in [6, 6.07) is 10.1. The molecule has 0 radical (unpaired) electrons. The highest BCUT2D eigenvalue weighted by Gasteiger charge is 2.20. The minimum atomic E-state index is -4.00. The number of benzene rings is 2. The van der Waals surface area contributed by atoms with Crippen molar-refractivity contribution in [2.75, 3.05) is 49.5 Å². The van der Waals surface area contributed by atoms with Crippen LogP contribution in [0.3, 0.4) is 0 Å². The molecule has 0 spiro atoms. The lowest BCUT2D eigenvalue weighted by Crippen LogP contribution is -2.11. The molecule has 4 N–H and O–H groups in total. The van der Waals surface area contributed by atoms with Crippen LogP contribution in [0.1, 0.15) is 0 Å². The Morgan fingerprint density at radius 3 is 1.96 bits per heavy atom. The van der Waals surface area contributed by atoms with Gasteiger partial charge in [-0.2, -0.15) is 8.42 Å². The summed E-state index contributed by atoms with van der Waals surface area (Å²) in [7, 11) is 3.95. The lowest BCUT2D eigenvalue weighted by Gasteiger charge is -2.16. The number of nitrogen functional groups attached to an aromatic ring is 2. The standard InChI is InChI=1S/C16H22N4O3S2/c1-19(2)11-5-7-13(17)15(9-11)23-25(21,22)24-16-10-12(20(3)4)6-8-14(16)18/h5-10H,17-18H2,1-4H3. The Balaban J connectivity index is 2.29. The lowest BCUT2D eigenvalue weighted by atomic mass is 10.2. The van der Waals surface area contributed by atoms with Crippen molar-refractivity contribution in [3.05, 3.63) is 36.4 Å². The van der Waals surface area contributed by atoms with Crippen LogP contribution >= 0.6 is 10.8 Å². The summed E-state index contributed by atoms with van der Waals surface area (Å²) in [6.45, 7) is 0. The summed E-state index contributed by atoms with van der Waals surface area (Å²) in [5.74, 6) is 0.0843. The van der Waals surface area contributed by atoms with Crippen molar-refractivity contribution in [1.82, 2.24) is 0 Å². The van der Waals surface area contributed by atoms with E-state index in [-0.39, 0.29) is 11.4 Å². The molecule has 2 aromatic carbocycles. The normalized spacial score (nSPS) is 11.2. The van der Waals surface area contributed by atoms with Crippen LogP contribution in [0.15, 0.2) is 41.3 Å². The van der Waals surface area contributed by atoms with E-state index in [9.17, 15) is 8.42 Å². The van der Waals surface area contributed by atoms with E-state index < -0.39 is 9.15 Å². The highest BCUT2D eigenvalue weighted by Crippen LogP contribution is 2.36. The van der Waals surface area contributed by atoms with Gasteiger partial charge in [-0.05, 0) is 30.3 Å². The number of rotatable bonds is 6. The number of hydrogen-bond acceptors (Lipinski definition) is 8. The molecule has 2 rings (SSSR count). The molecule has 0 aliphatic rings. The largest absolute Gasteiger partial charge is 0.398 e. The lowest BCUT2D eigenvalue weighted by molar-refractivity contribution is 0.506. The fourth-order valence-corrected chi connectivity index (χ4v) is 4.35. The third kappa shape index (κ3) is 4.86. The van der Waals surface area contributed by atoms with Gasteiger partial charge >= 0.3 is 9.15 Å². The second kappa shape index (κ2) is 7.32. The molecule has 0 unspecified atom stereocenters. The first-order valence-corrected chi connectivity index (χ1v) is 10.1. The molecule has 0 fully saturated rings. The second-order valence-electron chi connectivity index (χ2n) is 5.81. The number of nitrogens with zero attached hydrogens (tertiary/aromatic N) is 2. The third-order valence-corrected chi connectivity index (χ3v) is 5.89. The Hall–Kier alpha value is -2.26. The quantitative estimate of drug-likeness (QED) is 0.580. The van der Waals surface area contributed by atoms with Crippen molar-refractivity contribution in [3.8, 4) is 5.75 Å². The first-order valence-electron chi connectivity index (χ1n) is 7.36. The Morgan fingerprint density at radius 2 is 1.40 bits per heavy atom. The summed E-state index contributed by atoms with van der Waals surface area (Å²) < 4.78 is 30.1. The molecule has 25 heavy (non-hydrogen) atoms. The molecule has 136 valence electrons. The summed E-state index contributed by atoms with van der Waals surface area (Å²) in [6.07, 6.45) is 0. The molecule has 7 nitrogen and oxygen atoms in total. The van der Waals surface area contributed by atoms with E-state index in [4.69, 9.17) is 15.7 Å². The Labute approximate surface area is 152 Å². The van der Waals surface area contributed by atoms with Crippen molar-refractivity contribution in [1.29, 1.82) is 0 Å². The van der Waals surface area contributed by atoms with Crippen molar-refractivity contribution in [2.45, 2.75) is 4.90 Å². The van der Waals surface area contributed by atoms with Gasteiger partial charge in [-0.3, -0.25) is 0 Å². The predicted molar refractivity (Wildman–Crippen MR) is 106 cm³/mol. The van der Waals surface area contributed by atoms with E-state index in [2.05, 4.69) is 0 Å². The number of hydrogen-bond donors (Lipinski definition) is 2. The first-order chi connectivity index (χ1) is 11.6. The van der Waals surface area contributed by atoms with Gasteiger partial charge in [-0.25, -0.2) is 0 Å². The molecular weight excluding hydrogens is 360 g/mol. The van der Waals surface area contributed by atoms with E-state index in [1.54, 1.807) is 30.3 Å². The van der Waals surface area contributed by atoms with E-state index in [0.717, 1.165) is 11.4 Å². The molecule has 2 aromatic rings. The smallest absolute Gasteiger partial charge is 0.370 e. The zero-order valence-corrected chi connectivity index (χ0v) is 16.2. The maximum absolute atomic E-state index is 12.4. The molecule has 0 aromatic heterocycles. The third-order valence-electron chi connectivity index (χ3n) is 3.41. The minimum absolute atomic E-state index is 0.0843. The fourth-order valence-electron chi connectivity index (χ4n) is 1.98. The van der Waals surface area contributed by atoms with E-state index in [0.29, 0.717) is 21.4 Å². The van der Waals surface area contributed by atoms with E-state index >= 15 is 0 Å².